The molecule has 4 nitrogen and oxygen atoms in total. The van der Waals surface area contributed by atoms with Gasteiger partial charge in [-0.25, -0.2) is 0 Å². The van der Waals surface area contributed by atoms with Gasteiger partial charge in [-0.3, -0.25) is 10.1 Å². The second kappa shape index (κ2) is 5.19. The number of hydrogen-bond donors (Lipinski definition) is 2. The van der Waals surface area contributed by atoms with E-state index in [9.17, 15) is 4.79 Å². The summed E-state index contributed by atoms with van der Waals surface area (Å²) in [7, 11) is 0. The summed E-state index contributed by atoms with van der Waals surface area (Å²) < 4.78 is 0. The molecule has 1 aromatic carbocycles. The van der Waals surface area contributed by atoms with Crippen molar-refractivity contribution in [3.8, 4) is 0 Å². The van der Waals surface area contributed by atoms with E-state index in [1.54, 1.807) is 0 Å². The van der Waals surface area contributed by atoms with Crippen molar-refractivity contribution in [1.82, 2.24) is 15.2 Å². The van der Waals surface area contributed by atoms with E-state index in [-0.39, 0.29) is 17.6 Å². The Morgan fingerprint density at radius 2 is 2.10 bits per heavy atom. The van der Waals surface area contributed by atoms with Crippen molar-refractivity contribution in [2.75, 3.05) is 6.54 Å². The third-order valence-corrected chi connectivity index (χ3v) is 4.73. The molecule has 1 amide bonds. The Morgan fingerprint density at radius 1 is 1.33 bits per heavy atom. The van der Waals surface area contributed by atoms with Gasteiger partial charge in [-0.1, -0.05) is 25.1 Å². The Balaban J connectivity index is 1.79. The molecular formula is C17H23N3O. The molecule has 0 saturated carbocycles. The van der Waals surface area contributed by atoms with Crippen LogP contribution in [0.25, 0.3) is 10.9 Å². The molecule has 1 aliphatic rings. The number of carbonyl (C=O) groups is 1. The standard InChI is InChI=1S/C17H23N3O/c1-4-17(3)19-12(2)16(21)20(17)10-9-13-11-18-15-8-6-5-7-14(13)15/h5-8,11-12,18-19H,4,9-10H2,1-3H3/t12-,17-/m0/s1. The zero-order valence-corrected chi connectivity index (χ0v) is 12.9. The molecule has 1 aliphatic heterocycles. The molecule has 1 aromatic heterocycles. The van der Waals surface area contributed by atoms with Gasteiger partial charge in [0.2, 0.25) is 5.91 Å². The normalized spacial score (nSPS) is 26.0. The summed E-state index contributed by atoms with van der Waals surface area (Å²) in [5.74, 6) is 0.208. The number of carbonyl (C=O) groups excluding carboxylic acids is 1. The van der Waals surface area contributed by atoms with Crippen LogP contribution in [-0.4, -0.2) is 34.0 Å². The molecular weight excluding hydrogens is 262 g/mol. The number of aromatic amines is 1. The maximum atomic E-state index is 12.4. The van der Waals surface area contributed by atoms with Gasteiger partial charge in [0.15, 0.2) is 0 Å². The highest BCUT2D eigenvalue weighted by Crippen LogP contribution is 2.26. The van der Waals surface area contributed by atoms with Crippen LogP contribution in [0.2, 0.25) is 0 Å². The number of fused-ring (bicyclic) bond motifs is 1. The zero-order valence-electron chi connectivity index (χ0n) is 12.9. The fourth-order valence-corrected chi connectivity index (χ4v) is 3.30. The molecule has 0 radical (unpaired) electrons. The summed E-state index contributed by atoms with van der Waals surface area (Å²) in [5.41, 5.74) is 2.21. The third-order valence-electron chi connectivity index (χ3n) is 4.73. The summed E-state index contributed by atoms with van der Waals surface area (Å²) in [4.78, 5) is 17.7. The summed E-state index contributed by atoms with van der Waals surface area (Å²) in [6.45, 7) is 6.94. The molecule has 1 fully saturated rings. The number of aromatic nitrogens is 1. The van der Waals surface area contributed by atoms with Crippen molar-refractivity contribution in [3.63, 3.8) is 0 Å². The first-order chi connectivity index (χ1) is 10.0. The Labute approximate surface area is 125 Å². The molecule has 2 aromatic rings. The van der Waals surface area contributed by atoms with Gasteiger partial charge in [0.05, 0.1) is 11.7 Å². The quantitative estimate of drug-likeness (QED) is 0.907. The SMILES string of the molecule is CC[C@@]1(C)N[C@@H](C)C(=O)N1CCc1c[nH]c2ccccc12. The van der Waals surface area contributed by atoms with E-state index in [1.807, 2.05) is 17.9 Å². The Hall–Kier alpha value is -1.81. The van der Waals surface area contributed by atoms with Crippen LogP contribution in [-0.2, 0) is 11.2 Å². The molecule has 0 unspecified atom stereocenters. The lowest BCUT2D eigenvalue weighted by molar-refractivity contribution is -0.131. The molecule has 1 saturated heterocycles. The fraction of sp³-hybridized carbons (Fsp3) is 0.471. The number of amides is 1. The molecule has 3 rings (SSSR count). The van der Waals surface area contributed by atoms with Crippen LogP contribution in [0.5, 0.6) is 0 Å². The maximum Gasteiger partial charge on any atom is 0.240 e. The molecule has 0 aliphatic carbocycles. The van der Waals surface area contributed by atoms with Crippen LogP contribution in [0.3, 0.4) is 0 Å². The number of nitrogens with zero attached hydrogens (tertiary/aromatic N) is 1. The lowest BCUT2D eigenvalue weighted by Gasteiger charge is -2.34. The monoisotopic (exact) mass is 285 g/mol. The van der Waals surface area contributed by atoms with E-state index in [2.05, 4.69) is 48.5 Å². The predicted molar refractivity (Wildman–Crippen MR) is 85.0 cm³/mol. The van der Waals surface area contributed by atoms with Gasteiger partial charge in [-0.05, 0) is 38.3 Å². The topological polar surface area (TPSA) is 48.1 Å². The zero-order chi connectivity index (χ0) is 15.0. The van der Waals surface area contributed by atoms with E-state index >= 15 is 0 Å². The van der Waals surface area contributed by atoms with Gasteiger partial charge >= 0.3 is 0 Å². The highest BCUT2D eigenvalue weighted by Gasteiger charge is 2.43. The van der Waals surface area contributed by atoms with Gasteiger partial charge in [0, 0.05) is 23.6 Å². The molecule has 0 spiro atoms. The Kier molecular flexibility index (Phi) is 3.49. The molecule has 2 N–H and O–H groups in total. The fourth-order valence-electron chi connectivity index (χ4n) is 3.30. The van der Waals surface area contributed by atoms with Crippen LogP contribution >= 0.6 is 0 Å². The smallest absolute Gasteiger partial charge is 0.240 e. The lowest BCUT2D eigenvalue weighted by atomic mass is 10.1. The number of rotatable bonds is 4. The number of para-hydroxylation sites is 1. The molecule has 2 atom stereocenters. The number of nitrogens with one attached hydrogen (secondary N) is 2. The summed E-state index contributed by atoms with van der Waals surface area (Å²) in [5, 5.41) is 4.67. The average Bonchev–Trinajstić information content (AvgIpc) is 2.99. The highest BCUT2D eigenvalue weighted by molar-refractivity contribution is 5.85. The van der Waals surface area contributed by atoms with Gasteiger partial charge in [-0.15, -0.1) is 0 Å². The molecule has 4 heteroatoms. The van der Waals surface area contributed by atoms with E-state index in [0.717, 1.165) is 24.9 Å². The van der Waals surface area contributed by atoms with Crippen LogP contribution in [0, 0.1) is 0 Å². The predicted octanol–water partition coefficient (Wildman–Crippen LogP) is 2.66. The minimum Gasteiger partial charge on any atom is -0.361 e. The number of H-pyrrole nitrogens is 1. The van der Waals surface area contributed by atoms with E-state index in [1.165, 1.54) is 10.9 Å². The van der Waals surface area contributed by atoms with Gasteiger partial charge in [0.1, 0.15) is 0 Å². The first kappa shape index (κ1) is 14.1. The van der Waals surface area contributed by atoms with E-state index in [0.29, 0.717) is 0 Å². The van der Waals surface area contributed by atoms with Crippen LogP contribution in [0.15, 0.2) is 30.5 Å². The minimum atomic E-state index is -0.220. The molecule has 0 bridgehead atoms. The van der Waals surface area contributed by atoms with Crippen molar-refractivity contribution < 1.29 is 4.79 Å². The van der Waals surface area contributed by atoms with E-state index in [4.69, 9.17) is 0 Å². The third kappa shape index (κ3) is 2.33. The van der Waals surface area contributed by atoms with Crippen LogP contribution in [0.4, 0.5) is 0 Å². The minimum absolute atomic E-state index is 0.0853. The van der Waals surface area contributed by atoms with Gasteiger partial charge in [0.25, 0.3) is 0 Å². The highest BCUT2D eigenvalue weighted by atomic mass is 16.2. The Morgan fingerprint density at radius 3 is 2.86 bits per heavy atom. The van der Waals surface area contributed by atoms with Crippen molar-refractivity contribution >= 4 is 16.8 Å². The summed E-state index contributed by atoms with van der Waals surface area (Å²) >= 11 is 0. The first-order valence-corrected chi connectivity index (χ1v) is 7.69. The second-order valence-corrected chi connectivity index (χ2v) is 6.09. The summed E-state index contributed by atoms with van der Waals surface area (Å²) in [6, 6.07) is 8.22. The van der Waals surface area contributed by atoms with Crippen LogP contribution in [0.1, 0.15) is 32.8 Å². The van der Waals surface area contributed by atoms with Crippen LogP contribution < -0.4 is 5.32 Å². The summed E-state index contributed by atoms with van der Waals surface area (Å²) in [6.07, 6.45) is 3.85. The number of hydrogen-bond acceptors (Lipinski definition) is 2. The molecule has 112 valence electrons. The Bertz CT molecular complexity index is 663. The number of benzene rings is 1. The molecule has 2 heterocycles. The van der Waals surface area contributed by atoms with Crippen molar-refractivity contribution in [2.24, 2.45) is 0 Å². The van der Waals surface area contributed by atoms with Gasteiger partial charge < -0.3 is 9.88 Å². The van der Waals surface area contributed by atoms with Gasteiger partial charge in [-0.2, -0.15) is 0 Å². The van der Waals surface area contributed by atoms with Crippen molar-refractivity contribution in [1.29, 1.82) is 0 Å². The average molecular weight is 285 g/mol. The maximum absolute atomic E-state index is 12.4. The lowest BCUT2D eigenvalue weighted by Crippen LogP contribution is -2.50. The van der Waals surface area contributed by atoms with E-state index < -0.39 is 0 Å². The van der Waals surface area contributed by atoms with Crippen molar-refractivity contribution in [2.45, 2.75) is 45.3 Å². The largest absolute Gasteiger partial charge is 0.361 e. The second-order valence-electron chi connectivity index (χ2n) is 6.09. The van der Waals surface area contributed by atoms with Crippen molar-refractivity contribution in [3.05, 3.63) is 36.0 Å². The first-order valence-electron chi connectivity index (χ1n) is 7.69. The molecule has 21 heavy (non-hydrogen) atoms.